The summed E-state index contributed by atoms with van der Waals surface area (Å²) in [5, 5.41) is 9.31. The zero-order valence-corrected chi connectivity index (χ0v) is 16.9. The molecule has 0 fully saturated rings. The van der Waals surface area contributed by atoms with Crippen molar-refractivity contribution in [2.75, 3.05) is 6.61 Å². The average molecular weight is 393 g/mol. The minimum absolute atomic E-state index is 0.0343. The number of aliphatic carboxylic acids is 1. The molecule has 5 heteroatoms. The highest BCUT2D eigenvalue weighted by Crippen LogP contribution is 2.40. The summed E-state index contributed by atoms with van der Waals surface area (Å²) in [6.45, 7) is 4.41. The Morgan fingerprint density at radius 2 is 2.07 bits per heavy atom. The van der Waals surface area contributed by atoms with Crippen LogP contribution in [0.5, 0.6) is 5.75 Å². The molecule has 152 valence electrons. The summed E-state index contributed by atoms with van der Waals surface area (Å²) >= 11 is 0. The largest absolute Gasteiger partial charge is 0.494 e. The maximum absolute atomic E-state index is 11.3. The molecule has 5 nitrogen and oxygen atoms in total. The molecule has 0 radical (unpaired) electrons. The van der Waals surface area contributed by atoms with Crippen LogP contribution in [-0.2, 0) is 16.0 Å². The number of nitrogens with zero attached hydrogens (tertiary/aromatic N) is 1. The van der Waals surface area contributed by atoms with Crippen LogP contribution in [0, 0.1) is 5.92 Å². The Bertz CT molecular complexity index is 908. The number of rotatable bonds is 7. The number of hydrogen-bond donors (Lipinski definition) is 1. The number of benzene rings is 2. The number of ether oxygens (including phenoxy) is 2. The highest BCUT2D eigenvalue weighted by atomic mass is 16.5. The molecule has 2 aromatic rings. The summed E-state index contributed by atoms with van der Waals surface area (Å²) in [5.41, 5.74) is 3.37. The van der Waals surface area contributed by atoms with E-state index in [9.17, 15) is 9.90 Å². The number of fused-ring (bicyclic) bond motifs is 1. The molecule has 1 N–H and O–H groups in total. The Labute approximate surface area is 171 Å². The Balaban J connectivity index is 1.35. The van der Waals surface area contributed by atoms with Gasteiger partial charge in [0.25, 0.3) is 0 Å². The molecule has 1 heterocycles. The van der Waals surface area contributed by atoms with Crippen molar-refractivity contribution in [3.8, 4) is 5.75 Å². The smallest absolute Gasteiger partial charge is 0.306 e. The zero-order chi connectivity index (χ0) is 20.4. The maximum Gasteiger partial charge on any atom is 0.306 e. The molecule has 4 unspecified atom stereocenters. The van der Waals surface area contributed by atoms with Gasteiger partial charge in [-0.25, -0.2) is 4.99 Å². The van der Waals surface area contributed by atoms with Gasteiger partial charge in [0.1, 0.15) is 11.9 Å². The summed E-state index contributed by atoms with van der Waals surface area (Å²) in [6, 6.07) is 16.1. The number of carboxylic acids is 1. The van der Waals surface area contributed by atoms with E-state index < -0.39 is 5.97 Å². The van der Waals surface area contributed by atoms with Crippen molar-refractivity contribution in [3.05, 3.63) is 65.2 Å². The maximum atomic E-state index is 11.3. The molecule has 4 atom stereocenters. The lowest BCUT2D eigenvalue weighted by atomic mass is 9.89. The Morgan fingerprint density at radius 3 is 2.83 bits per heavy atom. The fourth-order valence-electron chi connectivity index (χ4n) is 4.27. The van der Waals surface area contributed by atoms with Crippen LogP contribution in [0.4, 0.5) is 0 Å². The number of hydrogen-bond acceptors (Lipinski definition) is 4. The molecule has 29 heavy (non-hydrogen) atoms. The third-order valence-electron chi connectivity index (χ3n) is 6.06. The van der Waals surface area contributed by atoms with Crippen molar-refractivity contribution >= 4 is 11.9 Å². The predicted octanol–water partition coefficient (Wildman–Crippen LogP) is 4.44. The number of aryl methyl sites for hydroxylation is 1. The van der Waals surface area contributed by atoms with Gasteiger partial charge in [-0.2, -0.15) is 0 Å². The third-order valence-corrected chi connectivity index (χ3v) is 6.06. The summed E-state index contributed by atoms with van der Waals surface area (Å²) in [7, 11) is 0. The van der Waals surface area contributed by atoms with E-state index in [1.165, 1.54) is 5.56 Å². The molecule has 2 aliphatic rings. The number of aliphatic imine (C=N–C) groups is 1. The standard InChI is InChI=1S/C24H27NO4/c1-15(24(26)27)20-10-8-18-14-19(9-11-21(18)20)28-13-12-22-16(2)29-23(25-22)17-6-4-3-5-7-17/h3-7,9,11,14-16,20,22H,8,10,12-13H2,1-2H3,(H,26,27). The predicted molar refractivity (Wildman–Crippen MR) is 112 cm³/mol. The molecule has 0 spiro atoms. The van der Waals surface area contributed by atoms with Crippen LogP contribution in [-0.4, -0.2) is 35.7 Å². The van der Waals surface area contributed by atoms with E-state index in [0.29, 0.717) is 12.5 Å². The fourth-order valence-corrected chi connectivity index (χ4v) is 4.27. The highest BCUT2D eigenvalue weighted by Gasteiger charge is 2.31. The van der Waals surface area contributed by atoms with Gasteiger partial charge in [0.05, 0.1) is 18.6 Å². The van der Waals surface area contributed by atoms with E-state index in [2.05, 4.69) is 6.07 Å². The van der Waals surface area contributed by atoms with Crippen LogP contribution in [0.3, 0.4) is 0 Å². The zero-order valence-electron chi connectivity index (χ0n) is 16.9. The van der Waals surface area contributed by atoms with Crippen LogP contribution in [0.15, 0.2) is 53.5 Å². The molecule has 0 amide bonds. The second kappa shape index (κ2) is 8.27. The summed E-state index contributed by atoms with van der Waals surface area (Å²) < 4.78 is 11.9. The van der Waals surface area contributed by atoms with Gasteiger partial charge in [0.15, 0.2) is 0 Å². The molecule has 0 aromatic heterocycles. The first kappa shape index (κ1) is 19.5. The lowest BCUT2D eigenvalue weighted by Gasteiger charge is -2.17. The molecule has 1 aliphatic heterocycles. The second-order valence-electron chi connectivity index (χ2n) is 7.96. The van der Waals surface area contributed by atoms with Crippen molar-refractivity contribution in [1.29, 1.82) is 0 Å². The Hall–Kier alpha value is -2.82. The molecule has 1 aliphatic carbocycles. The Morgan fingerprint density at radius 1 is 1.28 bits per heavy atom. The lowest BCUT2D eigenvalue weighted by Crippen LogP contribution is -2.21. The van der Waals surface area contributed by atoms with E-state index in [4.69, 9.17) is 14.5 Å². The van der Waals surface area contributed by atoms with Crippen molar-refractivity contribution < 1.29 is 19.4 Å². The highest BCUT2D eigenvalue weighted by molar-refractivity contribution is 5.95. The minimum atomic E-state index is -0.730. The van der Waals surface area contributed by atoms with Gasteiger partial charge in [-0.15, -0.1) is 0 Å². The van der Waals surface area contributed by atoms with E-state index in [0.717, 1.165) is 36.1 Å². The second-order valence-corrected chi connectivity index (χ2v) is 7.96. The molecular weight excluding hydrogens is 366 g/mol. The quantitative estimate of drug-likeness (QED) is 0.755. The summed E-state index contributed by atoms with van der Waals surface area (Å²) in [4.78, 5) is 16.1. The van der Waals surface area contributed by atoms with E-state index in [1.807, 2.05) is 49.4 Å². The van der Waals surface area contributed by atoms with Crippen molar-refractivity contribution in [2.24, 2.45) is 10.9 Å². The van der Waals surface area contributed by atoms with Crippen molar-refractivity contribution in [2.45, 2.75) is 51.2 Å². The Kier molecular flexibility index (Phi) is 5.56. The van der Waals surface area contributed by atoms with Gasteiger partial charge in [0.2, 0.25) is 5.90 Å². The number of carboxylic acid groups (broad SMARTS) is 1. The van der Waals surface area contributed by atoms with Crippen LogP contribution >= 0.6 is 0 Å². The van der Waals surface area contributed by atoms with Crippen LogP contribution in [0.2, 0.25) is 0 Å². The first-order valence-corrected chi connectivity index (χ1v) is 10.3. The molecular formula is C24H27NO4. The van der Waals surface area contributed by atoms with Crippen LogP contribution in [0.25, 0.3) is 0 Å². The molecule has 0 saturated heterocycles. The van der Waals surface area contributed by atoms with Crippen molar-refractivity contribution in [3.63, 3.8) is 0 Å². The summed E-state index contributed by atoms with van der Waals surface area (Å²) in [6.07, 6.45) is 2.62. The van der Waals surface area contributed by atoms with Gasteiger partial charge < -0.3 is 14.6 Å². The molecule has 0 bridgehead atoms. The monoisotopic (exact) mass is 393 g/mol. The first-order chi connectivity index (χ1) is 14.0. The first-order valence-electron chi connectivity index (χ1n) is 10.3. The van der Waals surface area contributed by atoms with Crippen LogP contribution in [0.1, 0.15) is 49.3 Å². The SMILES string of the molecule is CC1OC(c2ccccc2)=NC1CCOc1ccc2c(c1)CCC2C(C)C(=O)O. The number of carbonyl (C=O) groups is 1. The normalized spacial score (nSPS) is 23.8. The van der Waals surface area contributed by atoms with Gasteiger partial charge in [-0.1, -0.05) is 31.2 Å². The topological polar surface area (TPSA) is 68.1 Å². The molecule has 0 saturated carbocycles. The van der Waals surface area contributed by atoms with Gasteiger partial charge in [-0.05, 0) is 61.1 Å². The third kappa shape index (κ3) is 4.14. The van der Waals surface area contributed by atoms with Crippen molar-refractivity contribution in [1.82, 2.24) is 0 Å². The minimum Gasteiger partial charge on any atom is -0.494 e. The lowest BCUT2D eigenvalue weighted by molar-refractivity contribution is -0.141. The molecule has 4 rings (SSSR count). The van der Waals surface area contributed by atoms with Gasteiger partial charge >= 0.3 is 5.97 Å². The van der Waals surface area contributed by atoms with E-state index in [1.54, 1.807) is 6.92 Å². The van der Waals surface area contributed by atoms with Gasteiger partial charge in [0, 0.05) is 12.0 Å². The summed E-state index contributed by atoms with van der Waals surface area (Å²) in [5.74, 6) is 0.555. The molecule has 2 aromatic carbocycles. The van der Waals surface area contributed by atoms with Gasteiger partial charge in [-0.3, -0.25) is 4.79 Å². The van der Waals surface area contributed by atoms with E-state index in [-0.39, 0.29) is 24.0 Å². The van der Waals surface area contributed by atoms with Crippen LogP contribution < -0.4 is 4.74 Å². The average Bonchev–Trinajstić information content (AvgIpc) is 3.31. The van der Waals surface area contributed by atoms with E-state index >= 15 is 0 Å². The fraction of sp³-hybridized carbons (Fsp3) is 0.417.